The largest absolute Gasteiger partial charge is 0.358 e. The first kappa shape index (κ1) is 11.8. The molecule has 1 heteroatoms. The molecule has 0 spiro atoms. The second kappa shape index (κ2) is 4.79. The fourth-order valence-corrected chi connectivity index (χ4v) is 3.41. The minimum Gasteiger partial charge on any atom is -0.358 e. The van der Waals surface area contributed by atoms with E-state index in [9.17, 15) is 0 Å². The van der Waals surface area contributed by atoms with E-state index in [1.165, 1.54) is 59.8 Å². The van der Waals surface area contributed by atoms with Crippen LogP contribution in [0.25, 0.3) is 10.9 Å². The first-order valence-corrected chi connectivity index (χ1v) is 7.40. The van der Waals surface area contributed by atoms with Gasteiger partial charge in [0.15, 0.2) is 0 Å². The van der Waals surface area contributed by atoms with Crippen molar-refractivity contribution in [2.45, 2.75) is 58.3 Å². The number of hydrogen-bond donors (Lipinski definition) is 1. The highest BCUT2D eigenvalue weighted by Gasteiger charge is 2.20. The van der Waals surface area contributed by atoms with Crippen molar-refractivity contribution in [3.8, 4) is 0 Å². The van der Waals surface area contributed by atoms with Gasteiger partial charge in [-0.3, -0.25) is 0 Å². The van der Waals surface area contributed by atoms with Crippen molar-refractivity contribution in [2.24, 2.45) is 0 Å². The molecule has 0 radical (unpaired) electrons. The van der Waals surface area contributed by atoms with Crippen LogP contribution in [0.4, 0.5) is 0 Å². The van der Waals surface area contributed by atoms with Crippen LogP contribution in [0.3, 0.4) is 0 Å². The number of nitrogens with one attached hydrogen (secondary N) is 1. The normalized spacial score (nSPS) is 17.4. The molecule has 1 fully saturated rings. The van der Waals surface area contributed by atoms with Crippen LogP contribution in [0.5, 0.6) is 0 Å². The van der Waals surface area contributed by atoms with Crippen molar-refractivity contribution in [3.05, 3.63) is 35.0 Å². The van der Waals surface area contributed by atoms with Gasteiger partial charge in [-0.1, -0.05) is 32.3 Å². The van der Waals surface area contributed by atoms with Crippen LogP contribution in [-0.2, 0) is 6.42 Å². The lowest BCUT2D eigenvalue weighted by Crippen LogP contribution is -2.05. The van der Waals surface area contributed by atoms with E-state index in [1.54, 1.807) is 0 Å². The van der Waals surface area contributed by atoms with Gasteiger partial charge in [0.1, 0.15) is 0 Å². The highest BCUT2D eigenvalue weighted by Crippen LogP contribution is 2.36. The van der Waals surface area contributed by atoms with Gasteiger partial charge < -0.3 is 4.98 Å². The Bertz CT molecular complexity index is 544. The Balaban J connectivity index is 2.04. The van der Waals surface area contributed by atoms with E-state index >= 15 is 0 Å². The number of rotatable bonds is 2. The summed E-state index contributed by atoms with van der Waals surface area (Å²) in [7, 11) is 0. The Hall–Kier alpha value is -1.24. The van der Waals surface area contributed by atoms with Crippen LogP contribution in [0.1, 0.15) is 61.8 Å². The van der Waals surface area contributed by atoms with Gasteiger partial charge in [0, 0.05) is 16.6 Å². The molecule has 0 aliphatic heterocycles. The van der Waals surface area contributed by atoms with E-state index in [0.29, 0.717) is 0 Å². The summed E-state index contributed by atoms with van der Waals surface area (Å²) in [6.45, 7) is 4.52. The number of aromatic amines is 1. The number of aryl methyl sites for hydroxylation is 2. The van der Waals surface area contributed by atoms with Crippen LogP contribution in [-0.4, -0.2) is 4.98 Å². The summed E-state index contributed by atoms with van der Waals surface area (Å²) in [5.41, 5.74) is 5.77. The molecule has 1 saturated carbocycles. The zero-order chi connectivity index (χ0) is 12.5. The Kier molecular flexibility index (Phi) is 3.15. The maximum absolute atomic E-state index is 3.68. The van der Waals surface area contributed by atoms with Crippen molar-refractivity contribution in [2.75, 3.05) is 0 Å². The molecule has 0 unspecified atom stereocenters. The molecule has 18 heavy (non-hydrogen) atoms. The molecule has 0 amide bonds. The fraction of sp³-hybridized carbons (Fsp3) is 0.529. The molecule has 1 N–H and O–H groups in total. The van der Waals surface area contributed by atoms with Crippen LogP contribution in [0, 0.1) is 6.92 Å². The maximum atomic E-state index is 3.68. The number of hydrogen-bond acceptors (Lipinski definition) is 0. The van der Waals surface area contributed by atoms with E-state index in [4.69, 9.17) is 0 Å². The number of aromatic nitrogens is 1. The number of benzene rings is 1. The zero-order valence-electron chi connectivity index (χ0n) is 11.6. The second-order valence-electron chi connectivity index (χ2n) is 5.73. The van der Waals surface area contributed by atoms with Crippen LogP contribution in [0.15, 0.2) is 18.2 Å². The molecule has 1 aromatic carbocycles. The SMILES string of the molecule is CCc1ccc2[nH]c(C3CCCCC3)c(C)c2c1. The molecule has 1 aliphatic carbocycles. The van der Waals surface area contributed by atoms with Crippen molar-refractivity contribution >= 4 is 10.9 Å². The minimum absolute atomic E-state index is 0.774. The average molecular weight is 241 g/mol. The van der Waals surface area contributed by atoms with Gasteiger partial charge in [-0.15, -0.1) is 0 Å². The molecular weight excluding hydrogens is 218 g/mol. The van der Waals surface area contributed by atoms with Crippen LogP contribution >= 0.6 is 0 Å². The highest BCUT2D eigenvalue weighted by atomic mass is 14.7. The van der Waals surface area contributed by atoms with Crippen LogP contribution < -0.4 is 0 Å². The average Bonchev–Trinajstić information content (AvgIpc) is 2.77. The molecule has 1 aliphatic rings. The maximum Gasteiger partial charge on any atom is 0.0459 e. The number of H-pyrrole nitrogens is 1. The van der Waals surface area contributed by atoms with Gasteiger partial charge in [0.05, 0.1) is 0 Å². The van der Waals surface area contributed by atoms with E-state index in [1.807, 2.05) is 0 Å². The van der Waals surface area contributed by atoms with Gasteiger partial charge >= 0.3 is 0 Å². The number of fused-ring (bicyclic) bond motifs is 1. The minimum atomic E-state index is 0.774. The second-order valence-corrected chi connectivity index (χ2v) is 5.73. The van der Waals surface area contributed by atoms with Gasteiger partial charge in [-0.2, -0.15) is 0 Å². The lowest BCUT2D eigenvalue weighted by Gasteiger charge is -2.21. The fourth-order valence-electron chi connectivity index (χ4n) is 3.41. The summed E-state index contributed by atoms with van der Waals surface area (Å²) in [6, 6.07) is 6.88. The molecule has 96 valence electrons. The van der Waals surface area contributed by atoms with E-state index in [0.717, 1.165) is 12.3 Å². The van der Waals surface area contributed by atoms with Gasteiger partial charge in [-0.25, -0.2) is 0 Å². The summed E-state index contributed by atoms with van der Waals surface area (Å²) in [5, 5.41) is 1.44. The molecule has 1 nitrogen and oxygen atoms in total. The van der Waals surface area contributed by atoms with Crippen LogP contribution in [0.2, 0.25) is 0 Å². The lowest BCUT2D eigenvalue weighted by atomic mass is 9.85. The smallest absolute Gasteiger partial charge is 0.0459 e. The molecule has 2 aromatic rings. The third-order valence-corrected chi connectivity index (χ3v) is 4.58. The van der Waals surface area contributed by atoms with Crippen molar-refractivity contribution < 1.29 is 0 Å². The van der Waals surface area contributed by atoms with Crippen molar-refractivity contribution in [3.63, 3.8) is 0 Å². The lowest BCUT2D eigenvalue weighted by molar-refractivity contribution is 0.437. The van der Waals surface area contributed by atoms with Crippen molar-refractivity contribution in [1.29, 1.82) is 0 Å². The summed E-state index contributed by atoms with van der Waals surface area (Å²) >= 11 is 0. The Morgan fingerprint density at radius 2 is 1.94 bits per heavy atom. The first-order chi connectivity index (χ1) is 8.79. The standard InChI is InChI=1S/C17H23N/c1-3-13-9-10-16-15(11-13)12(2)17(18-16)14-7-5-4-6-8-14/h9-11,14,18H,3-8H2,1-2H3. The summed E-state index contributed by atoms with van der Waals surface area (Å²) in [4.78, 5) is 3.68. The summed E-state index contributed by atoms with van der Waals surface area (Å²) < 4.78 is 0. The topological polar surface area (TPSA) is 15.8 Å². The van der Waals surface area contributed by atoms with Crippen molar-refractivity contribution in [1.82, 2.24) is 4.98 Å². The first-order valence-electron chi connectivity index (χ1n) is 7.40. The van der Waals surface area contributed by atoms with E-state index in [-0.39, 0.29) is 0 Å². The van der Waals surface area contributed by atoms with E-state index in [2.05, 4.69) is 37.0 Å². The molecule has 1 heterocycles. The Morgan fingerprint density at radius 1 is 1.17 bits per heavy atom. The predicted octanol–water partition coefficient (Wildman–Crippen LogP) is 5.09. The predicted molar refractivity (Wildman–Crippen MR) is 78.2 cm³/mol. The van der Waals surface area contributed by atoms with Gasteiger partial charge in [0.2, 0.25) is 0 Å². The Morgan fingerprint density at radius 3 is 2.67 bits per heavy atom. The molecule has 1 aromatic heterocycles. The monoisotopic (exact) mass is 241 g/mol. The molecule has 0 bridgehead atoms. The zero-order valence-corrected chi connectivity index (χ0v) is 11.6. The van der Waals surface area contributed by atoms with Gasteiger partial charge in [0.25, 0.3) is 0 Å². The molecular formula is C17H23N. The summed E-state index contributed by atoms with van der Waals surface area (Å²) in [5.74, 6) is 0.774. The summed E-state index contributed by atoms with van der Waals surface area (Å²) in [6.07, 6.45) is 8.09. The quantitative estimate of drug-likeness (QED) is 0.754. The molecule has 3 rings (SSSR count). The molecule has 0 atom stereocenters. The third-order valence-electron chi connectivity index (χ3n) is 4.58. The Labute approximate surface area is 110 Å². The molecule has 0 saturated heterocycles. The van der Waals surface area contributed by atoms with Gasteiger partial charge in [-0.05, 0) is 55.4 Å². The highest BCUT2D eigenvalue weighted by molar-refractivity contribution is 5.85. The van der Waals surface area contributed by atoms with E-state index < -0.39 is 0 Å². The third kappa shape index (κ3) is 1.96.